The smallest absolute Gasteiger partial charge is 0.224 e. The lowest BCUT2D eigenvalue weighted by molar-refractivity contribution is -0.116. The number of amides is 1. The van der Waals surface area contributed by atoms with Crippen molar-refractivity contribution in [2.45, 2.75) is 33.1 Å². The number of benzene rings is 1. The van der Waals surface area contributed by atoms with Crippen LogP contribution in [0.3, 0.4) is 0 Å². The lowest BCUT2D eigenvalue weighted by atomic mass is 10.1. The van der Waals surface area contributed by atoms with Crippen LogP contribution in [0, 0.1) is 5.92 Å². The molecule has 1 amide bonds. The molecule has 1 aromatic rings. The van der Waals surface area contributed by atoms with E-state index in [1.54, 1.807) is 18.2 Å². The molecule has 0 bridgehead atoms. The Morgan fingerprint density at radius 3 is 2.85 bits per heavy atom. The maximum absolute atomic E-state index is 11.8. The molecule has 1 atom stereocenters. The first-order valence-electron chi connectivity index (χ1n) is 6.99. The van der Waals surface area contributed by atoms with Crippen molar-refractivity contribution in [1.29, 1.82) is 0 Å². The van der Waals surface area contributed by atoms with Gasteiger partial charge in [0.1, 0.15) is 5.75 Å². The molecule has 4 nitrogen and oxygen atoms in total. The average Bonchev–Trinajstić information content (AvgIpc) is 2.44. The fourth-order valence-electron chi connectivity index (χ4n) is 1.63. The fourth-order valence-corrected chi connectivity index (χ4v) is 1.86. The lowest BCUT2D eigenvalue weighted by Crippen LogP contribution is -2.16. The summed E-state index contributed by atoms with van der Waals surface area (Å²) in [5.41, 5.74) is 6.21. The minimum Gasteiger partial charge on any atom is -0.492 e. The molecule has 0 spiro atoms. The molecule has 1 unspecified atom stereocenters. The SMILES string of the molecule is CCCOc1ccc(NC(=O)CCC(C)CN)cc1Cl. The molecule has 112 valence electrons. The number of carbonyl (C=O) groups is 1. The van der Waals surface area contributed by atoms with Crippen molar-refractivity contribution in [3.63, 3.8) is 0 Å². The van der Waals surface area contributed by atoms with Crippen LogP contribution in [0.25, 0.3) is 0 Å². The van der Waals surface area contributed by atoms with E-state index in [0.717, 1.165) is 12.8 Å². The number of carbonyl (C=O) groups excluding carboxylic acids is 1. The summed E-state index contributed by atoms with van der Waals surface area (Å²) in [6, 6.07) is 5.27. The Morgan fingerprint density at radius 1 is 1.50 bits per heavy atom. The average molecular weight is 299 g/mol. The summed E-state index contributed by atoms with van der Waals surface area (Å²) in [4.78, 5) is 11.8. The number of nitrogens with one attached hydrogen (secondary N) is 1. The molecule has 20 heavy (non-hydrogen) atoms. The van der Waals surface area contributed by atoms with Gasteiger partial charge in [-0.15, -0.1) is 0 Å². The second kappa shape index (κ2) is 8.82. The van der Waals surface area contributed by atoms with E-state index in [4.69, 9.17) is 22.1 Å². The minimum absolute atomic E-state index is 0.0245. The number of anilines is 1. The highest BCUT2D eigenvalue weighted by Crippen LogP contribution is 2.27. The number of halogens is 1. The third-order valence-corrected chi connectivity index (χ3v) is 3.24. The number of nitrogens with two attached hydrogens (primary N) is 1. The van der Waals surface area contributed by atoms with Gasteiger partial charge < -0.3 is 15.8 Å². The quantitative estimate of drug-likeness (QED) is 0.772. The van der Waals surface area contributed by atoms with Crippen molar-refractivity contribution in [2.24, 2.45) is 11.7 Å². The Balaban J connectivity index is 2.51. The molecular weight excluding hydrogens is 276 g/mol. The van der Waals surface area contributed by atoms with Crippen LogP contribution in [-0.4, -0.2) is 19.1 Å². The first kappa shape index (κ1) is 16.8. The summed E-state index contributed by atoms with van der Waals surface area (Å²) < 4.78 is 5.48. The van der Waals surface area contributed by atoms with Crippen LogP contribution in [0.4, 0.5) is 5.69 Å². The highest BCUT2D eigenvalue weighted by molar-refractivity contribution is 6.32. The van der Waals surface area contributed by atoms with Crippen LogP contribution in [-0.2, 0) is 4.79 Å². The van der Waals surface area contributed by atoms with E-state index in [-0.39, 0.29) is 5.91 Å². The topological polar surface area (TPSA) is 64.3 Å². The Kier molecular flexibility index (Phi) is 7.41. The van der Waals surface area contributed by atoms with Gasteiger partial charge in [0.25, 0.3) is 0 Å². The monoisotopic (exact) mass is 298 g/mol. The maximum Gasteiger partial charge on any atom is 0.224 e. The third-order valence-electron chi connectivity index (χ3n) is 2.94. The Bertz CT molecular complexity index is 438. The molecule has 0 saturated carbocycles. The van der Waals surface area contributed by atoms with E-state index in [1.165, 1.54) is 0 Å². The summed E-state index contributed by atoms with van der Waals surface area (Å²) in [6.07, 6.45) is 2.17. The minimum atomic E-state index is -0.0245. The second-order valence-electron chi connectivity index (χ2n) is 4.92. The molecule has 1 aromatic carbocycles. The van der Waals surface area contributed by atoms with E-state index in [9.17, 15) is 4.79 Å². The molecule has 3 N–H and O–H groups in total. The number of hydrogen-bond donors (Lipinski definition) is 2. The van der Waals surface area contributed by atoms with Crippen molar-refractivity contribution in [2.75, 3.05) is 18.5 Å². The van der Waals surface area contributed by atoms with Gasteiger partial charge in [0.05, 0.1) is 11.6 Å². The van der Waals surface area contributed by atoms with Crippen molar-refractivity contribution in [3.05, 3.63) is 23.2 Å². The molecule has 0 fully saturated rings. The largest absolute Gasteiger partial charge is 0.492 e. The molecule has 0 aliphatic heterocycles. The van der Waals surface area contributed by atoms with Gasteiger partial charge in [0.15, 0.2) is 0 Å². The molecule has 5 heteroatoms. The number of hydrogen-bond acceptors (Lipinski definition) is 3. The first-order valence-corrected chi connectivity index (χ1v) is 7.36. The summed E-state index contributed by atoms with van der Waals surface area (Å²) in [6.45, 7) is 5.29. The first-order chi connectivity index (χ1) is 9.56. The third kappa shape index (κ3) is 5.80. The van der Waals surface area contributed by atoms with Crippen molar-refractivity contribution in [1.82, 2.24) is 0 Å². The molecule has 0 aliphatic rings. The van der Waals surface area contributed by atoms with Gasteiger partial charge in [0, 0.05) is 12.1 Å². The maximum atomic E-state index is 11.8. The summed E-state index contributed by atoms with van der Waals surface area (Å²) in [7, 11) is 0. The molecule has 1 rings (SSSR count). The van der Waals surface area contributed by atoms with Crippen LogP contribution >= 0.6 is 11.6 Å². The molecule has 0 aromatic heterocycles. The van der Waals surface area contributed by atoms with Gasteiger partial charge in [-0.2, -0.15) is 0 Å². The zero-order valence-electron chi connectivity index (χ0n) is 12.1. The highest BCUT2D eigenvalue weighted by Gasteiger charge is 2.08. The Labute approximate surface area is 125 Å². The van der Waals surface area contributed by atoms with Crippen LogP contribution in [0.15, 0.2) is 18.2 Å². The highest BCUT2D eigenvalue weighted by atomic mass is 35.5. The Hall–Kier alpha value is -1.26. The fraction of sp³-hybridized carbons (Fsp3) is 0.533. The van der Waals surface area contributed by atoms with Crippen molar-refractivity contribution >= 4 is 23.2 Å². The molecule has 0 heterocycles. The van der Waals surface area contributed by atoms with Gasteiger partial charge in [-0.1, -0.05) is 25.4 Å². The predicted molar refractivity (Wildman–Crippen MR) is 83.3 cm³/mol. The Morgan fingerprint density at radius 2 is 2.25 bits per heavy atom. The van der Waals surface area contributed by atoms with E-state index in [0.29, 0.717) is 41.9 Å². The van der Waals surface area contributed by atoms with Crippen LogP contribution in [0.5, 0.6) is 5.75 Å². The molecule has 0 radical (unpaired) electrons. The van der Waals surface area contributed by atoms with E-state index < -0.39 is 0 Å². The molecular formula is C15H23ClN2O2. The van der Waals surface area contributed by atoms with E-state index >= 15 is 0 Å². The lowest BCUT2D eigenvalue weighted by Gasteiger charge is -2.11. The zero-order valence-corrected chi connectivity index (χ0v) is 12.9. The van der Waals surface area contributed by atoms with Gasteiger partial charge >= 0.3 is 0 Å². The summed E-state index contributed by atoms with van der Waals surface area (Å²) in [5.74, 6) is 0.973. The van der Waals surface area contributed by atoms with Gasteiger partial charge in [-0.05, 0) is 43.5 Å². The zero-order chi connectivity index (χ0) is 15.0. The number of rotatable bonds is 8. The molecule has 0 saturated heterocycles. The summed E-state index contributed by atoms with van der Waals surface area (Å²) in [5, 5.41) is 3.33. The second-order valence-corrected chi connectivity index (χ2v) is 5.33. The molecule has 0 aliphatic carbocycles. The van der Waals surface area contributed by atoms with Gasteiger partial charge in [0.2, 0.25) is 5.91 Å². The normalized spacial score (nSPS) is 12.0. The van der Waals surface area contributed by atoms with Gasteiger partial charge in [-0.3, -0.25) is 4.79 Å². The standard InChI is InChI=1S/C15H23ClN2O2/c1-3-8-20-14-6-5-12(9-13(14)16)18-15(19)7-4-11(2)10-17/h5-6,9,11H,3-4,7-8,10,17H2,1-2H3,(H,18,19). The van der Waals surface area contributed by atoms with Crippen LogP contribution < -0.4 is 15.8 Å². The van der Waals surface area contributed by atoms with E-state index in [2.05, 4.69) is 5.32 Å². The number of ether oxygens (including phenoxy) is 1. The summed E-state index contributed by atoms with van der Waals surface area (Å²) >= 11 is 6.11. The van der Waals surface area contributed by atoms with E-state index in [1.807, 2.05) is 13.8 Å². The van der Waals surface area contributed by atoms with Crippen LogP contribution in [0.1, 0.15) is 33.1 Å². The van der Waals surface area contributed by atoms with Crippen molar-refractivity contribution in [3.8, 4) is 5.75 Å². The van der Waals surface area contributed by atoms with Crippen LogP contribution in [0.2, 0.25) is 5.02 Å². The predicted octanol–water partition coefficient (Wildman–Crippen LogP) is 3.44. The van der Waals surface area contributed by atoms with Gasteiger partial charge in [-0.25, -0.2) is 0 Å². The van der Waals surface area contributed by atoms with Crippen molar-refractivity contribution < 1.29 is 9.53 Å².